The second-order valence-electron chi connectivity index (χ2n) is 4.74. The Bertz CT molecular complexity index is 391. The van der Waals surface area contributed by atoms with E-state index in [1.807, 2.05) is 11.8 Å². The zero-order chi connectivity index (χ0) is 13.2. The van der Waals surface area contributed by atoms with Gasteiger partial charge in [-0.3, -0.25) is 0 Å². The Kier molecular flexibility index (Phi) is 3.56. The van der Waals surface area contributed by atoms with Gasteiger partial charge in [-0.1, -0.05) is 0 Å². The van der Waals surface area contributed by atoms with Gasteiger partial charge in [0.25, 0.3) is 0 Å². The first-order valence-corrected chi connectivity index (χ1v) is 5.98. The van der Waals surface area contributed by atoms with Crippen molar-refractivity contribution in [3.05, 3.63) is 6.07 Å². The molecule has 0 bridgehead atoms. The normalized spacial score (nSPS) is 18.6. The maximum atomic E-state index is 9.92. The maximum absolute atomic E-state index is 9.92. The first kappa shape index (κ1) is 12.9. The second-order valence-corrected chi connectivity index (χ2v) is 4.74. The molecule has 2 heterocycles. The average molecular weight is 253 g/mol. The summed E-state index contributed by atoms with van der Waals surface area (Å²) >= 11 is 0. The van der Waals surface area contributed by atoms with E-state index in [0.717, 1.165) is 13.1 Å². The Morgan fingerprint density at radius 3 is 2.11 bits per heavy atom. The van der Waals surface area contributed by atoms with Crippen LogP contribution in [0.15, 0.2) is 6.07 Å². The number of rotatable bonds is 3. The lowest BCUT2D eigenvalue weighted by atomic mass is 9.94. The zero-order valence-electron chi connectivity index (χ0n) is 11.0. The third-order valence-corrected chi connectivity index (χ3v) is 3.21. The Morgan fingerprint density at radius 1 is 1.17 bits per heavy atom. The largest absolute Gasteiger partial charge is 0.481 e. The Labute approximate surface area is 107 Å². The predicted molar refractivity (Wildman–Crippen MR) is 67.2 cm³/mol. The molecular formula is C12H19N3O3. The molecule has 1 N–H and O–H groups in total. The zero-order valence-corrected chi connectivity index (χ0v) is 11.0. The highest BCUT2D eigenvalue weighted by molar-refractivity contribution is 5.37. The van der Waals surface area contributed by atoms with Crippen LogP contribution in [0.2, 0.25) is 0 Å². The number of hydrogen-bond acceptors (Lipinski definition) is 6. The van der Waals surface area contributed by atoms with Gasteiger partial charge >= 0.3 is 0 Å². The standard InChI is InChI=1S/C12H19N3O3/c1-12(16)4-6-15(7-5-12)11-13-9(17-2)8-10(14-11)18-3/h8,16H,4-7H2,1-3H3. The monoisotopic (exact) mass is 253 g/mol. The lowest BCUT2D eigenvalue weighted by molar-refractivity contribution is 0.0348. The SMILES string of the molecule is COc1cc(OC)nc(N2CCC(C)(O)CC2)n1. The molecule has 18 heavy (non-hydrogen) atoms. The summed E-state index contributed by atoms with van der Waals surface area (Å²) in [5.74, 6) is 1.55. The van der Waals surface area contributed by atoms with Crippen molar-refractivity contribution in [2.24, 2.45) is 0 Å². The molecule has 1 aliphatic heterocycles. The molecule has 0 atom stereocenters. The lowest BCUT2D eigenvalue weighted by Crippen LogP contribution is -2.43. The van der Waals surface area contributed by atoms with Gasteiger partial charge in [0.05, 0.1) is 25.9 Å². The summed E-state index contributed by atoms with van der Waals surface area (Å²) in [6, 6.07) is 1.64. The van der Waals surface area contributed by atoms with Crippen molar-refractivity contribution in [3.63, 3.8) is 0 Å². The molecule has 0 spiro atoms. The molecule has 0 saturated carbocycles. The van der Waals surface area contributed by atoms with Crippen LogP contribution in [0.25, 0.3) is 0 Å². The second kappa shape index (κ2) is 4.97. The fraction of sp³-hybridized carbons (Fsp3) is 0.667. The topological polar surface area (TPSA) is 67.7 Å². The number of methoxy groups -OCH3 is 2. The average Bonchev–Trinajstić information content (AvgIpc) is 2.38. The molecule has 6 nitrogen and oxygen atoms in total. The summed E-state index contributed by atoms with van der Waals surface area (Å²) in [6.45, 7) is 3.31. The number of aromatic nitrogens is 2. The lowest BCUT2D eigenvalue weighted by Gasteiger charge is -2.35. The molecule has 1 aliphatic rings. The molecule has 1 fully saturated rings. The van der Waals surface area contributed by atoms with Crippen LogP contribution in [0.1, 0.15) is 19.8 Å². The molecule has 0 aliphatic carbocycles. The molecule has 6 heteroatoms. The number of aliphatic hydroxyl groups is 1. The van der Waals surface area contributed by atoms with Crippen LogP contribution in [-0.4, -0.2) is 48.0 Å². The van der Waals surface area contributed by atoms with Crippen LogP contribution >= 0.6 is 0 Å². The summed E-state index contributed by atoms with van der Waals surface area (Å²) < 4.78 is 10.2. The van der Waals surface area contributed by atoms with E-state index >= 15 is 0 Å². The van der Waals surface area contributed by atoms with Crippen LogP contribution in [0.3, 0.4) is 0 Å². The Hall–Kier alpha value is -1.56. The fourth-order valence-electron chi connectivity index (χ4n) is 1.93. The molecule has 0 radical (unpaired) electrons. The highest BCUT2D eigenvalue weighted by Crippen LogP contribution is 2.26. The summed E-state index contributed by atoms with van der Waals surface area (Å²) in [5.41, 5.74) is -0.584. The van der Waals surface area contributed by atoms with Crippen LogP contribution in [0.4, 0.5) is 5.95 Å². The summed E-state index contributed by atoms with van der Waals surface area (Å²) in [5, 5.41) is 9.92. The minimum Gasteiger partial charge on any atom is -0.481 e. The Morgan fingerprint density at radius 2 is 1.67 bits per heavy atom. The van der Waals surface area contributed by atoms with Crippen molar-refractivity contribution in [1.82, 2.24) is 9.97 Å². The number of nitrogens with zero attached hydrogens (tertiary/aromatic N) is 3. The van der Waals surface area contributed by atoms with Gasteiger partial charge in [-0.05, 0) is 19.8 Å². The molecule has 100 valence electrons. The predicted octanol–water partition coefficient (Wildman–Crippen LogP) is 0.845. The minimum absolute atomic E-state index is 0.481. The van der Waals surface area contributed by atoms with Gasteiger partial charge in [0.15, 0.2) is 0 Å². The van der Waals surface area contributed by atoms with Gasteiger partial charge in [-0.15, -0.1) is 0 Å². The highest BCUT2D eigenvalue weighted by Gasteiger charge is 2.28. The minimum atomic E-state index is -0.584. The van der Waals surface area contributed by atoms with Crippen molar-refractivity contribution in [2.45, 2.75) is 25.4 Å². The van der Waals surface area contributed by atoms with Crippen LogP contribution in [0.5, 0.6) is 11.8 Å². The number of hydrogen-bond donors (Lipinski definition) is 1. The van der Waals surface area contributed by atoms with Crippen molar-refractivity contribution in [2.75, 3.05) is 32.2 Å². The van der Waals surface area contributed by atoms with E-state index in [9.17, 15) is 5.11 Å². The molecule has 2 rings (SSSR count). The third-order valence-electron chi connectivity index (χ3n) is 3.21. The van der Waals surface area contributed by atoms with Gasteiger partial charge in [0.2, 0.25) is 17.7 Å². The smallest absolute Gasteiger partial charge is 0.231 e. The summed E-state index contributed by atoms with van der Waals surface area (Å²) in [7, 11) is 3.12. The molecule has 1 aromatic heterocycles. The third kappa shape index (κ3) is 2.81. The highest BCUT2D eigenvalue weighted by atomic mass is 16.5. The molecule has 0 unspecified atom stereocenters. The maximum Gasteiger partial charge on any atom is 0.231 e. The van der Waals surface area contributed by atoms with Gasteiger partial charge in [0.1, 0.15) is 0 Å². The van der Waals surface area contributed by atoms with E-state index in [0.29, 0.717) is 30.5 Å². The van der Waals surface area contributed by atoms with Gasteiger partial charge < -0.3 is 19.5 Å². The fourth-order valence-corrected chi connectivity index (χ4v) is 1.93. The molecule has 1 saturated heterocycles. The van der Waals surface area contributed by atoms with E-state index in [1.165, 1.54) is 0 Å². The molecule has 1 aromatic rings. The van der Waals surface area contributed by atoms with Gasteiger partial charge in [-0.2, -0.15) is 9.97 Å². The quantitative estimate of drug-likeness (QED) is 0.861. The van der Waals surface area contributed by atoms with E-state index in [4.69, 9.17) is 9.47 Å². The van der Waals surface area contributed by atoms with Crippen molar-refractivity contribution < 1.29 is 14.6 Å². The number of ether oxygens (including phenoxy) is 2. The first-order valence-electron chi connectivity index (χ1n) is 5.98. The summed E-state index contributed by atoms with van der Waals surface area (Å²) in [6.07, 6.45) is 1.41. The van der Waals surface area contributed by atoms with Crippen LogP contribution in [-0.2, 0) is 0 Å². The molecule has 0 amide bonds. The van der Waals surface area contributed by atoms with E-state index in [1.54, 1.807) is 20.3 Å². The van der Waals surface area contributed by atoms with Gasteiger partial charge in [0, 0.05) is 13.1 Å². The van der Waals surface area contributed by atoms with Crippen molar-refractivity contribution in [3.8, 4) is 11.8 Å². The van der Waals surface area contributed by atoms with Crippen molar-refractivity contribution >= 4 is 5.95 Å². The van der Waals surface area contributed by atoms with E-state index < -0.39 is 5.60 Å². The van der Waals surface area contributed by atoms with Crippen molar-refractivity contribution in [1.29, 1.82) is 0 Å². The number of piperidine rings is 1. The Balaban J connectivity index is 2.18. The van der Waals surface area contributed by atoms with Crippen LogP contribution in [0, 0.1) is 0 Å². The molecular weight excluding hydrogens is 234 g/mol. The van der Waals surface area contributed by atoms with Crippen LogP contribution < -0.4 is 14.4 Å². The van der Waals surface area contributed by atoms with Gasteiger partial charge in [-0.25, -0.2) is 0 Å². The summed E-state index contributed by atoms with van der Waals surface area (Å²) in [4.78, 5) is 10.6. The number of anilines is 1. The first-order chi connectivity index (χ1) is 8.54. The van der Waals surface area contributed by atoms with E-state index in [2.05, 4.69) is 9.97 Å². The molecule has 0 aromatic carbocycles. The van der Waals surface area contributed by atoms with E-state index in [-0.39, 0.29) is 0 Å².